The maximum absolute atomic E-state index is 13.8. The van der Waals surface area contributed by atoms with Gasteiger partial charge in [0.25, 0.3) is 11.8 Å². The Morgan fingerprint density at radius 2 is 1.88 bits per heavy atom. The maximum Gasteiger partial charge on any atom is 0.433 e. The number of primary amides is 1. The lowest BCUT2D eigenvalue weighted by Gasteiger charge is -2.12. The largest absolute Gasteiger partial charge is 0.486 e. The van der Waals surface area contributed by atoms with Crippen LogP contribution in [-0.2, 0) is 26.3 Å². The number of aryl methyl sites for hydroxylation is 2. The Bertz CT molecular complexity index is 1790. The Balaban J connectivity index is 1.47. The van der Waals surface area contributed by atoms with Gasteiger partial charge in [-0.2, -0.15) is 18.3 Å². The van der Waals surface area contributed by atoms with Gasteiger partial charge in [0.2, 0.25) is 0 Å². The van der Waals surface area contributed by atoms with Gasteiger partial charge in [0, 0.05) is 23.7 Å². The molecule has 0 aliphatic rings. The smallest absolute Gasteiger partial charge is 0.433 e. The fourth-order valence-corrected chi connectivity index (χ4v) is 5.47. The molecule has 2 amide bonds. The third kappa shape index (κ3) is 5.73. The number of thiophene rings is 1. The highest BCUT2D eigenvalue weighted by Gasteiger charge is 2.35. The van der Waals surface area contributed by atoms with Crippen molar-refractivity contribution in [3.05, 3.63) is 82.0 Å². The SMILES string of the molecule is CCCc1ccc(OCc2ccc(C(=O)Nc3c(C(N)=O)sc4nc(C(F)(F)F)cc(-c5cnn(C)c5C)c34)o2)cc1. The minimum absolute atomic E-state index is 0.0584. The van der Waals surface area contributed by atoms with E-state index >= 15 is 0 Å². The van der Waals surface area contributed by atoms with E-state index in [1.54, 1.807) is 20.0 Å². The standard InChI is InChI=1S/C29H26F3N5O4S/c1-4-5-16-6-8-17(9-7-16)40-14-18-10-11-21(41-18)27(39)36-24-23-19(20-13-34-37(3)15(20)2)12-22(29(30,31)32)35-28(23)42-25(24)26(33)38/h6-13H,4-5,14H2,1-3H3,(H2,33,38)(H,36,39). The van der Waals surface area contributed by atoms with Crippen molar-refractivity contribution in [3.8, 4) is 16.9 Å². The third-order valence-electron chi connectivity index (χ3n) is 6.67. The van der Waals surface area contributed by atoms with Crippen molar-refractivity contribution in [1.82, 2.24) is 14.8 Å². The van der Waals surface area contributed by atoms with Crippen LogP contribution in [0.3, 0.4) is 0 Å². The predicted molar refractivity (Wildman–Crippen MR) is 152 cm³/mol. The Morgan fingerprint density at radius 3 is 2.50 bits per heavy atom. The fraction of sp³-hybridized carbons (Fsp3) is 0.241. The highest BCUT2D eigenvalue weighted by Crippen LogP contribution is 2.44. The number of fused-ring (bicyclic) bond motifs is 1. The first-order chi connectivity index (χ1) is 20.0. The number of pyridine rings is 1. The lowest BCUT2D eigenvalue weighted by molar-refractivity contribution is -0.140. The Labute approximate surface area is 242 Å². The van der Waals surface area contributed by atoms with Crippen molar-refractivity contribution in [1.29, 1.82) is 0 Å². The van der Waals surface area contributed by atoms with Crippen molar-refractivity contribution in [3.63, 3.8) is 0 Å². The number of amides is 2. The summed E-state index contributed by atoms with van der Waals surface area (Å²) in [6.07, 6.45) is -1.34. The van der Waals surface area contributed by atoms with Crippen molar-refractivity contribution in [2.75, 3.05) is 5.32 Å². The zero-order valence-electron chi connectivity index (χ0n) is 22.8. The van der Waals surface area contributed by atoms with Crippen LogP contribution in [0.2, 0.25) is 0 Å². The molecule has 0 atom stereocenters. The predicted octanol–water partition coefficient (Wildman–Crippen LogP) is 6.50. The summed E-state index contributed by atoms with van der Waals surface area (Å²) in [4.78, 5) is 29.1. The molecule has 3 N–H and O–H groups in total. The molecule has 1 aromatic carbocycles. The van der Waals surface area contributed by atoms with Crippen LogP contribution < -0.4 is 15.8 Å². The van der Waals surface area contributed by atoms with Gasteiger partial charge in [-0.05, 0) is 54.8 Å². The minimum Gasteiger partial charge on any atom is -0.486 e. The molecule has 0 fully saturated rings. The molecule has 0 saturated carbocycles. The number of hydrogen-bond acceptors (Lipinski definition) is 7. The quantitative estimate of drug-likeness (QED) is 0.200. The van der Waals surface area contributed by atoms with Crippen LogP contribution in [0, 0.1) is 6.92 Å². The summed E-state index contributed by atoms with van der Waals surface area (Å²) in [6, 6.07) is 11.6. The molecule has 0 spiro atoms. The number of alkyl halides is 3. The van der Waals surface area contributed by atoms with Crippen molar-refractivity contribution < 1.29 is 31.9 Å². The van der Waals surface area contributed by atoms with E-state index in [1.165, 1.54) is 22.5 Å². The summed E-state index contributed by atoms with van der Waals surface area (Å²) in [5, 5.41) is 6.89. The fourth-order valence-electron chi connectivity index (χ4n) is 4.46. The van der Waals surface area contributed by atoms with Gasteiger partial charge in [-0.1, -0.05) is 25.5 Å². The summed E-state index contributed by atoms with van der Waals surface area (Å²) in [5.74, 6) is -0.765. The molecule has 4 heterocycles. The molecule has 218 valence electrons. The van der Waals surface area contributed by atoms with E-state index in [0.29, 0.717) is 34.1 Å². The number of nitrogens with one attached hydrogen (secondary N) is 1. The molecule has 0 aliphatic carbocycles. The minimum atomic E-state index is -4.76. The topological polar surface area (TPSA) is 125 Å². The van der Waals surface area contributed by atoms with E-state index in [1.807, 2.05) is 24.3 Å². The first kappa shape index (κ1) is 28.9. The number of halogens is 3. The summed E-state index contributed by atoms with van der Waals surface area (Å²) >= 11 is 0.658. The Hall–Kier alpha value is -4.65. The zero-order valence-corrected chi connectivity index (χ0v) is 23.7. The second-order valence-electron chi connectivity index (χ2n) is 9.57. The highest BCUT2D eigenvalue weighted by molar-refractivity contribution is 7.21. The second kappa shape index (κ2) is 11.3. The number of hydrogen-bond donors (Lipinski definition) is 2. The Kier molecular flexibility index (Phi) is 7.78. The second-order valence-corrected chi connectivity index (χ2v) is 10.6. The van der Waals surface area contributed by atoms with E-state index in [9.17, 15) is 22.8 Å². The molecule has 0 bridgehead atoms. The van der Waals surface area contributed by atoms with Gasteiger partial charge in [-0.15, -0.1) is 11.3 Å². The molecular formula is C29H26F3N5O4S. The van der Waals surface area contributed by atoms with Gasteiger partial charge >= 0.3 is 6.18 Å². The number of nitrogens with two attached hydrogens (primary N) is 1. The van der Waals surface area contributed by atoms with Crippen LogP contribution in [0.5, 0.6) is 5.75 Å². The van der Waals surface area contributed by atoms with E-state index in [-0.39, 0.29) is 38.7 Å². The first-order valence-corrected chi connectivity index (χ1v) is 13.7. The van der Waals surface area contributed by atoms with Crippen molar-refractivity contribution >= 4 is 39.1 Å². The molecule has 0 unspecified atom stereocenters. The third-order valence-corrected chi connectivity index (χ3v) is 7.77. The van der Waals surface area contributed by atoms with Gasteiger partial charge in [0.05, 0.1) is 11.9 Å². The molecule has 5 rings (SSSR count). The highest BCUT2D eigenvalue weighted by atomic mass is 32.1. The lowest BCUT2D eigenvalue weighted by Crippen LogP contribution is -2.16. The van der Waals surface area contributed by atoms with E-state index in [2.05, 4.69) is 22.3 Å². The van der Waals surface area contributed by atoms with Crippen molar-refractivity contribution in [2.45, 2.75) is 39.5 Å². The van der Waals surface area contributed by atoms with Crippen LogP contribution in [0.25, 0.3) is 21.3 Å². The normalized spacial score (nSPS) is 11.7. The molecule has 0 saturated heterocycles. The molecule has 4 aromatic heterocycles. The number of anilines is 1. The van der Waals surface area contributed by atoms with Gasteiger partial charge in [0.15, 0.2) is 5.76 Å². The van der Waals surface area contributed by atoms with Gasteiger partial charge < -0.3 is 20.2 Å². The zero-order chi connectivity index (χ0) is 30.2. The molecule has 5 aromatic rings. The van der Waals surface area contributed by atoms with Gasteiger partial charge in [-0.25, -0.2) is 4.98 Å². The van der Waals surface area contributed by atoms with Gasteiger partial charge in [-0.3, -0.25) is 14.3 Å². The molecule has 42 heavy (non-hydrogen) atoms. The van der Waals surface area contributed by atoms with Crippen LogP contribution in [0.1, 0.15) is 56.3 Å². The van der Waals surface area contributed by atoms with E-state index < -0.39 is 23.7 Å². The molecular weight excluding hydrogens is 571 g/mol. The number of carbonyl (C=O) groups excluding carboxylic acids is 2. The number of ether oxygens (including phenoxy) is 1. The van der Waals surface area contributed by atoms with Crippen LogP contribution >= 0.6 is 11.3 Å². The number of furan rings is 1. The number of aromatic nitrogens is 3. The number of benzene rings is 1. The van der Waals surface area contributed by atoms with Gasteiger partial charge in [0.1, 0.15) is 33.5 Å². The summed E-state index contributed by atoms with van der Waals surface area (Å²) < 4.78 is 54.2. The van der Waals surface area contributed by atoms with Crippen LogP contribution in [0.15, 0.2) is 53.1 Å². The number of carbonyl (C=O) groups is 2. The van der Waals surface area contributed by atoms with E-state index in [4.69, 9.17) is 14.9 Å². The molecule has 0 aliphatic heterocycles. The Morgan fingerprint density at radius 1 is 1.14 bits per heavy atom. The number of nitrogens with zero attached hydrogens (tertiary/aromatic N) is 3. The summed E-state index contributed by atoms with van der Waals surface area (Å²) in [6.45, 7) is 3.85. The van der Waals surface area contributed by atoms with Crippen LogP contribution in [-0.4, -0.2) is 26.6 Å². The van der Waals surface area contributed by atoms with E-state index in [0.717, 1.165) is 18.9 Å². The molecule has 9 nitrogen and oxygen atoms in total. The number of rotatable bonds is 9. The first-order valence-electron chi connectivity index (χ1n) is 12.9. The molecule has 13 heteroatoms. The van der Waals surface area contributed by atoms with Crippen LogP contribution in [0.4, 0.5) is 18.9 Å². The summed E-state index contributed by atoms with van der Waals surface area (Å²) in [7, 11) is 1.65. The average molecular weight is 598 g/mol. The monoisotopic (exact) mass is 597 g/mol. The molecule has 0 radical (unpaired) electrons. The maximum atomic E-state index is 13.8. The lowest BCUT2D eigenvalue weighted by atomic mass is 10.0. The van der Waals surface area contributed by atoms with Crippen molar-refractivity contribution in [2.24, 2.45) is 12.8 Å². The average Bonchev–Trinajstić information content (AvgIpc) is 3.65. The summed E-state index contributed by atoms with van der Waals surface area (Å²) in [5.41, 5.74) is 6.59.